The molecular weight excluding hydrogens is 484 g/mol. The van der Waals surface area contributed by atoms with Crippen molar-refractivity contribution in [3.05, 3.63) is 132 Å². The summed E-state index contributed by atoms with van der Waals surface area (Å²) < 4.78 is 10.6. The van der Waals surface area contributed by atoms with Crippen molar-refractivity contribution >= 4 is 11.9 Å². The van der Waals surface area contributed by atoms with Crippen LogP contribution in [0.25, 0.3) is 22.3 Å². The third-order valence-electron chi connectivity index (χ3n) is 6.71. The highest BCUT2D eigenvalue weighted by Crippen LogP contribution is 2.34. The van der Waals surface area contributed by atoms with Gasteiger partial charge < -0.3 is 9.47 Å². The number of carbonyl (C=O) groups excluding carboxylic acids is 2. The van der Waals surface area contributed by atoms with Gasteiger partial charge in [-0.3, -0.25) is 0 Å². The van der Waals surface area contributed by atoms with E-state index in [-0.39, 0.29) is 5.41 Å². The molecule has 39 heavy (non-hydrogen) atoms. The van der Waals surface area contributed by atoms with Crippen molar-refractivity contribution in [3.8, 4) is 33.8 Å². The van der Waals surface area contributed by atoms with E-state index in [0.717, 1.165) is 22.3 Å². The topological polar surface area (TPSA) is 52.6 Å². The van der Waals surface area contributed by atoms with E-state index in [0.29, 0.717) is 22.6 Å². The molecule has 0 saturated carbocycles. The number of ether oxygens (including phenoxy) is 2. The van der Waals surface area contributed by atoms with Crippen LogP contribution in [-0.2, 0) is 15.0 Å². The van der Waals surface area contributed by atoms with Crippen LogP contribution in [0.1, 0.15) is 38.8 Å². The Bertz CT molecular complexity index is 1390. The van der Waals surface area contributed by atoms with Crippen molar-refractivity contribution in [2.24, 2.45) is 0 Å². The quantitative estimate of drug-likeness (QED) is 0.134. The minimum Gasteiger partial charge on any atom is -0.423 e. The van der Waals surface area contributed by atoms with Crippen molar-refractivity contribution < 1.29 is 19.1 Å². The van der Waals surface area contributed by atoms with Crippen molar-refractivity contribution in [2.75, 3.05) is 0 Å². The Morgan fingerprint density at radius 2 is 0.769 bits per heavy atom. The van der Waals surface area contributed by atoms with Gasteiger partial charge in [0.25, 0.3) is 0 Å². The number of esters is 2. The predicted molar refractivity (Wildman–Crippen MR) is 157 cm³/mol. The number of benzene rings is 4. The number of carbonyl (C=O) groups is 2. The van der Waals surface area contributed by atoms with E-state index in [1.807, 2.05) is 24.3 Å². The Morgan fingerprint density at radius 3 is 1.03 bits per heavy atom. The second-order valence-corrected chi connectivity index (χ2v) is 10.2. The molecule has 0 aliphatic rings. The van der Waals surface area contributed by atoms with Crippen LogP contribution in [0.4, 0.5) is 0 Å². The zero-order valence-electron chi connectivity index (χ0n) is 22.8. The first kappa shape index (κ1) is 27.3. The average Bonchev–Trinajstić information content (AvgIpc) is 2.94. The molecule has 0 saturated heterocycles. The summed E-state index contributed by atoms with van der Waals surface area (Å²) in [5.74, 6) is 0.133. The molecule has 0 spiro atoms. The van der Waals surface area contributed by atoms with Crippen LogP contribution >= 0.6 is 0 Å². The third-order valence-corrected chi connectivity index (χ3v) is 6.71. The standard InChI is InChI=1S/C35H32O4/c1-23(2)33(36)38-31-19-11-27(12-20-31)25-7-15-29(16-8-25)35(5,6)30-17-9-26(10-18-30)28-13-21-32(22-14-28)39-34(37)24(3)4/h7-22H,1,3H2,2,4-6H3. The normalized spacial score (nSPS) is 11.0. The molecule has 4 heteroatoms. The van der Waals surface area contributed by atoms with E-state index in [1.165, 1.54) is 11.1 Å². The van der Waals surface area contributed by atoms with Gasteiger partial charge in [-0.15, -0.1) is 0 Å². The van der Waals surface area contributed by atoms with Crippen LogP contribution in [0.15, 0.2) is 121 Å². The summed E-state index contributed by atoms with van der Waals surface area (Å²) in [6.07, 6.45) is 0. The van der Waals surface area contributed by atoms with Gasteiger partial charge in [-0.25, -0.2) is 9.59 Å². The van der Waals surface area contributed by atoms with E-state index >= 15 is 0 Å². The van der Waals surface area contributed by atoms with Gasteiger partial charge in [0.2, 0.25) is 0 Å². The van der Waals surface area contributed by atoms with E-state index in [2.05, 4.69) is 75.5 Å². The van der Waals surface area contributed by atoms with Crippen molar-refractivity contribution in [2.45, 2.75) is 33.1 Å². The van der Waals surface area contributed by atoms with E-state index in [1.54, 1.807) is 38.1 Å². The molecule has 0 radical (unpaired) electrons. The lowest BCUT2D eigenvalue weighted by Gasteiger charge is -2.26. The Labute approximate surface area is 230 Å². The zero-order valence-corrected chi connectivity index (χ0v) is 22.8. The highest BCUT2D eigenvalue weighted by molar-refractivity contribution is 5.89. The van der Waals surface area contributed by atoms with Crippen LogP contribution in [0, 0.1) is 0 Å². The third kappa shape index (κ3) is 6.42. The predicted octanol–water partition coefficient (Wildman–Crippen LogP) is 8.31. The van der Waals surface area contributed by atoms with E-state index in [4.69, 9.17) is 9.47 Å². The monoisotopic (exact) mass is 516 g/mol. The minimum atomic E-state index is -0.429. The Kier molecular flexibility index (Phi) is 7.96. The minimum absolute atomic E-state index is 0.196. The largest absolute Gasteiger partial charge is 0.423 e. The number of hydrogen-bond donors (Lipinski definition) is 0. The van der Waals surface area contributed by atoms with Crippen LogP contribution in [0.5, 0.6) is 11.5 Å². The first-order valence-electron chi connectivity index (χ1n) is 12.7. The molecule has 0 aliphatic heterocycles. The van der Waals surface area contributed by atoms with Crippen LogP contribution in [-0.4, -0.2) is 11.9 Å². The van der Waals surface area contributed by atoms with Crippen LogP contribution < -0.4 is 9.47 Å². The second-order valence-electron chi connectivity index (χ2n) is 10.2. The van der Waals surface area contributed by atoms with Gasteiger partial charge in [-0.05, 0) is 71.5 Å². The Morgan fingerprint density at radius 1 is 0.513 bits per heavy atom. The fraction of sp³-hybridized carbons (Fsp3) is 0.143. The van der Waals surface area contributed by atoms with Gasteiger partial charge in [0.15, 0.2) is 0 Å². The molecule has 0 amide bonds. The maximum atomic E-state index is 11.7. The smallest absolute Gasteiger partial charge is 0.338 e. The Balaban J connectivity index is 1.46. The summed E-state index contributed by atoms with van der Waals surface area (Å²) in [7, 11) is 0. The molecule has 196 valence electrons. The van der Waals surface area contributed by atoms with Crippen molar-refractivity contribution in [1.82, 2.24) is 0 Å². The first-order chi connectivity index (χ1) is 18.5. The number of rotatable bonds is 8. The summed E-state index contributed by atoms with van der Waals surface area (Å²) in [6, 6.07) is 32.0. The van der Waals surface area contributed by atoms with Crippen LogP contribution in [0.2, 0.25) is 0 Å². The highest BCUT2D eigenvalue weighted by atomic mass is 16.5. The first-order valence-corrected chi connectivity index (χ1v) is 12.7. The molecule has 4 aromatic rings. The summed E-state index contributed by atoms with van der Waals surface area (Å²) >= 11 is 0. The van der Waals surface area contributed by atoms with Gasteiger partial charge in [-0.2, -0.15) is 0 Å². The van der Waals surface area contributed by atoms with Gasteiger partial charge in [0.1, 0.15) is 11.5 Å². The van der Waals surface area contributed by atoms with Gasteiger partial charge in [0, 0.05) is 16.6 Å². The molecule has 0 atom stereocenters. The maximum absolute atomic E-state index is 11.7. The Hall–Kier alpha value is -4.70. The van der Waals surface area contributed by atoms with Gasteiger partial charge in [0.05, 0.1) is 0 Å². The summed E-state index contributed by atoms with van der Waals surface area (Å²) in [6.45, 7) is 14.9. The molecule has 0 heterocycles. The summed E-state index contributed by atoms with van der Waals surface area (Å²) in [5, 5.41) is 0. The van der Waals surface area contributed by atoms with Crippen LogP contribution in [0.3, 0.4) is 0 Å². The molecule has 4 rings (SSSR count). The molecule has 0 N–H and O–H groups in total. The fourth-order valence-electron chi connectivity index (χ4n) is 4.14. The van der Waals surface area contributed by atoms with Gasteiger partial charge in [-0.1, -0.05) is 99.8 Å². The molecule has 0 aliphatic carbocycles. The lowest BCUT2D eigenvalue weighted by Crippen LogP contribution is -2.18. The highest BCUT2D eigenvalue weighted by Gasteiger charge is 2.23. The molecule has 0 unspecified atom stereocenters. The SMILES string of the molecule is C=C(C)C(=O)Oc1ccc(-c2ccc(C(C)(C)c3ccc(-c4ccc(OC(=O)C(=C)C)cc4)cc3)cc2)cc1. The maximum Gasteiger partial charge on any atom is 0.338 e. The molecule has 4 aromatic carbocycles. The number of hydrogen-bond acceptors (Lipinski definition) is 4. The van der Waals surface area contributed by atoms with Crippen molar-refractivity contribution in [3.63, 3.8) is 0 Å². The molecule has 0 bridgehead atoms. The lowest BCUT2D eigenvalue weighted by atomic mass is 9.77. The summed E-state index contributed by atoms with van der Waals surface area (Å²) in [4.78, 5) is 23.5. The fourth-order valence-corrected chi connectivity index (χ4v) is 4.14. The summed E-state index contributed by atoms with van der Waals surface area (Å²) in [5.41, 5.74) is 7.19. The van der Waals surface area contributed by atoms with E-state index in [9.17, 15) is 9.59 Å². The molecule has 0 fully saturated rings. The molecule has 4 nitrogen and oxygen atoms in total. The molecular formula is C35H32O4. The second kappa shape index (κ2) is 11.4. The van der Waals surface area contributed by atoms with Crippen molar-refractivity contribution in [1.29, 1.82) is 0 Å². The zero-order chi connectivity index (χ0) is 28.2. The van der Waals surface area contributed by atoms with E-state index < -0.39 is 11.9 Å². The van der Waals surface area contributed by atoms with Gasteiger partial charge >= 0.3 is 11.9 Å². The average molecular weight is 517 g/mol. The lowest BCUT2D eigenvalue weighted by molar-refractivity contribution is -0.130. The molecule has 0 aromatic heterocycles.